The molecule has 0 spiro atoms. The average molecular weight is 458 g/mol. The van der Waals surface area contributed by atoms with Crippen LogP contribution in [0.25, 0.3) is 21.9 Å². The smallest absolute Gasteiger partial charge is 0.244 e. The highest BCUT2D eigenvalue weighted by Crippen LogP contribution is 2.38. The van der Waals surface area contributed by atoms with Crippen molar-refractivity contribution in [2.45, 2.75) is 31.9 Å². The molecule has 1 aliphatic heterocycles. The largest absolute Gasteiger partial charge is 0.388 e. The number of carbonyl (C=O) groups is 1. The van der Waals surface area contributed by atoms with Crippen molar-refractivity contribution in [3.63, 3.8) is 0 Å². The second-order valence-electron chi connectivity index (χ2n) is 8.93. The molecule has 0 saturated heterocycles. The summed E-state index contributed by atoms with van der Waals surface area (Å²) in [7, 11) is 1.80. The van der Waals surface area contributed by atoms with E-state index >= 15 is 4.39 Å². The quantitative estimate of drug-likeness (QED) is 0.489. The van der Waals surface area contributed by atoms with Crippen LogP contribution in [0, 0.1) is 5.82 Å². The predicted octanol–water partition coefficient (Wildman–Crippen LogP) is 3.37. The zero-order valence-corrected chi connectivity index (χ0v) is 18.6. The van der Waals surface area contributed by atoms with Gasteiger partial charge in [-0.1, -0.05) is 0 Å². The first-order valence-corrected chi connectivity index (χ1v) is 11.3. The Morgan fingerprint density at radius 2 is 1.94 bits per heavy atom. The molecular formula is C25H23FN6O2. The lowest BCUT2D eigenvalue weighted by atomic mass is 9.97. The highest BCUT2D eigenvalue weighted by Gasteiger charge is 2.25. The van der Waals surface area contributed by atoms with Crippen LogP contribution < -0.4 is 5.32 Å². The standard InChI is InChI=1S/C25H23FN6O2/c1-31-5-4-16-9-24(30-32(16)13-25(31)34)29-23-8-14-6-18(21(26)7-15(14)10-28-23)19-11-27-12-20-17(19)2-3-22(20)33/h6-12,22,33H,2-5,13H2,1H3,(H,28,29,30)/t22-/m1/s1. The van der Waals surface area contributed by atoms with Crippen LogP contribution in [0.5, 0.6) is 0 Å². The van der Waals surface area contributed by atoms with Gasteiger partial charge < -0.3 is 15.3 Å². The van der Waals surface area contributed by atoms with E-state index in [2.05, 4.69) is 20.4 Å². The molecule has 2 aliphatic rings. The monoisotopic (exact) mass is 458 g/mol. The van der Waals surface area contributed by atoms with E-state index < -0.39 is 6.10 Å². The van der Waals surface area contributed by atoms with Crippen molar-refractivity contribution in [3.8, 4) is 11.1 Å². The van der Waals surface area contributed by atoms with E-state index in [-0.39, 0.29) is 18.3 Å². The fourth-order valence-corrected chi connectivity index (χ4v) is 4.82. The van der Waals surface area contributed by atoms with Crippen molar-refractivity contribution in [2.75, 3.05) is 18.9 Å². The SMILES string of the molecule is CN1CCc2cc(Nc3cc4cc(-c5cncc6c5CC[C@H]6O)c(F)cc4cn3)nn2CC1=O. The lowest BCUT2D eigenvalue weighted by molar-refractivity contribution is -0.130. The van der Waals surface area contributed by atoms with Crippen LogP contribution in [-0.2, 0) is 24.2 Å². The maximum Gasteiger partial charge on any atom is 0.244 e. The van der Waals surface area contributed by atoms with Crippen LogP contribution in [0.1, 0.15) is 29.3 Å². The van der Waals surface area contributed by atoms with E-state index in [0.29, 0.717) is 47.5 Å². The highest BCUT2D eigenvalue weighted by atomic mass is 19.1. The van der Waals surface area contributed by atoms with Crippen LogP contribution in [-0.4, -0.2) is 49.3 Å². The van der Waals surface area contributed by atoms with Gasteiger partial charge in [-0.25, -0.2) is 9.37 Å². The molecule has 4 aromatic rings. The number of anilines is 2. The average Bonchev–Trinajstić information content (AvgIpc) is 3.36. The molecule has 1 amide bonds. The minimum absolute atomic E-state index is 0.0289. The molecule has 3 aromatic heterocycles. The number of amides is 1. The Morgan fingerprint density at radius 3 is 2.82 bits per heavy atom. The Balaban J connectivity index is 1.34. The summed E-state index contributed by atoms with van der Waals surface area (Å²) in [4.78, 5) is 22.5. The van der Waals surface area contributed by atoms with Gasteiger partial charge >= 0.3 is 0 Å². The van der Waals surface area contributed by atoms with Gasteiger partial charge in [0, 0.05) is 72.4 Å². The van der Waals surface area contributed by atoms with Crippen LogP contribution in [0.3, 0.4) is 0 Å². The number of likely N-dealkylation sites (N-methyl/N-ethyl adjacent to an activating group) is 1. The first-order chi connectivity index (χ1) is 16.5. The van der Waals surface area contributed by atoms with E-state index in [9.17, 15) is 9.90 Å². The summed E-state index contributed by atoms with van der Waals surface area (Å²) >= 11 is 0. The van der Waals surface area contributed by atoms with E-state index in [1.807, 2.05) is 12.1 Å². The minimum atomic E-state index is -0.549. The van der Waals surface area contributed by atoms with Crippen molar-refractivity contribution in [2.24, 2.45) is 0 Å². The fourth-order valence-electron chi connectivity index (χ4n) is 4.82. The number of benzene rings is 1. The molecule has 8 nitrogen and oxygen atoms in total. The molecule has 0 saturated carbocycles. The van der Waals surface area contributed by atoms with Gasteiger partial charge in [-0.2, -0.15) is 5.10 Å². The molecule has 172 valence electrons. The van der Waals surface area contributed by atoms with Crippen molar-refractivity contribution >= 4 is 28.3 Å². The molecule has 1 atom stereocenters. The fraction of sp³-hybridized carbons (Fsp3) is 0.280. The molecule has 4 heterocycles. The van der Waals surface area contributed by atoms with Crippen LogP contribution in [0.4, 0.5) is 16.0 Å². The number of pyridine rings is 2. The molecule has 0 fully saturated rings. The third kappa shape index (κ3) is 3.49. The van der Waals surface area contributed by atoms with E-state index in [1.165, 1.54) is 6.07 Å². The molecule has 1 aromatic carbocycles. The predicted molar refractivity (Wildman–Crippen MR) is 125 cm³/mol. The van der Waals surface area contributed by atoms with E-state index in [4.69, 9.17) is 0 Å². The topological polar surface area (TPSA) is 96.2 Å². The second-order valence-corrected chi connectivity index (χ2v) is 8.93. The summed E-state index contributed by atoms with van der Waals surface area (Å²) in [6, 6.07) is 7.06. The number of halogens is 1. The third-order valence-corrected chi connectivity index (χ3v) is 6.75. The Kier molecular flexibility index (Phi) is 4.80. The lowest BCUT2D eigenvalue weighted by Crippen LogP contribution is -2.29. The molecule has 0 unspecified atom stereocenters. The zero-order valence-electron chi connectivity index (χ0n) is 18.6. The minimum Gasteiger partial charge on any atom is -0.388 e. The van der Waals surface area contributed by atoms with E-state index in [0.717, 1.165) is 28.6 Å². The maximum atomic E-state index is 15.1. The van der Waals surface area contributed by atoms with Crippen molar-refractivity contribution in [3.05, 3.63) is 65.5 Å². The molecule has 0 radical (unpaired) electrons. The number of fused-ring (bicyclic) bond motifs is 3. The number of aromatic nitrogens is 4. The Morgan fingerprint density at radius 1 is 1.06 bits per heavy atom. The number of carbonyl (C=O) groups excluding carboxylic acids is 1. The molecule has 34 heavy (non-hydrogen) atoms. The number of nitrogens with zero attached hydrogens (tertiary/aromatic N) is 5. The van der Waals surface area contributed by atoms with Gasteiger partial charge in [0.25, 0.3) is 0 Å². The highest BCUT2D eigenvalue weighted by molar-refractivity contribution is 5.89. The summed E-state index contributed by atoms with van der Waals surface area (Å²) < 4.78 is 16.8. The molecular weight excluding hydrogens is 435 g/mol. The lowest BCUT2D eigenvalue weighted by Gasteiger charge is -2.12. The van der Waals surface area contributed by atoms with Crippen LogP contribution >= 0.6 is 0 Å². The van der Waals surface area contributed by atoms with Gasteiger partial charge in [-0.05, 0) is 42.0 Å². The Labute approximate surface area is 195 Å². The van der Waals surface area contributed by atoms with Crippen LogP contribution in [0.2, 0.25) is 0 Å². The summed E-state index contributed by atoms with van der Waals surface area (Å²) in [5.74, 6) is 0.870. The summed E-state index contributed by atoms with van der Waals surface area (Å²) in [5.41, 5.74) is 3.89. The molecule has 2 N–H and O–H groups in total. The van der Waals surface area contributed by atoms with Gasteiger partial charge in [0.1, 0.15) is 18.2 Å². The van der Waals surface area contributed by atoms with Crippen molar-refractivity contribution in [1.29, 1.82) is 0 Å². The summed E-state index contributed by atoms with van der Waals surface area (Å²) in [5, 5.41) is 19.4. The first-order valence-electron chi connectivity index (χ1n) is 11.3. The maximum absolute atomic E-state index is 15.1. The normalized spacial score (nSPS) is 17.6. The van der Waals surface area contributed by atoms with Gasteiger partial charge in [0.15, 0.2) is 5.82 Å². The van der Waals surface area contributed by atoms with E-state index in [1.54, 1.807) is 41.3 Å². The number of rotatable bonds is 3. The van der Waals surface area contributed by atoms with Gasteiger partial charge in [-0.3, -0.25) is 14.5 Å². The van der Waals surface area contributed by atoms with Crippen LogP contribution in [0.15, 0.2) is 42.9 Å². The summed E-state index contributed by atoms with van der Waals surface area (Å²) in [6.07, 6.45) is 6.45. The number of hydrogen-bond acceptors (Lipinski definition) is 6. The number of aliphatic hydroxyl groups excluding tert-OH is 1. The first kappa shape index (κ1) is 20.7. The number of nitrogens with one attached hydrogen (secondary N) is 1. The second kappa shape index (κ2) is 7.88. The van der Waals surface area contributed by atoms with Crippen molar-refractivity contribution < 1.29 is 14.3 Å². The number of hydrogen-bond donors (Lipinski definition) is 2. The third-order valence-electron chi connectivity index (χ3n) is 6.75. The van der Waals surface area contributed by atoms with Crippen molar-refractivity contribution in [1.82, 2.24) is 24.6 Å². The Bertz CT molecular complexity index is 1450. The van der Waals surface area contributed by atoms with Gasteiger partial charge in [-0.15, -0.1) is 0 Å². The van der Waals surface area contributed by atoms with Gasteiger partial charge in [0.2, 0.25) is 5.91 Å². The molecule has 9 heteroatoms. The molecule has 0 bridgehead atoms. The zero-order chi connectivity index (χ0) is 23.4. The summed E-state index contributed by atoms with van der Waals surface area (Å²) in [6.45, 7) is 0.868. The Hall–Kier alpha value is -3.85. The van der Waals surface area contributed by atoms with Gasteiger partial charge in [0.05, 0.1) is 6.10 Å². The number of aliphatic hydroxyl groups is 1. The molecule has 6 rings (SSSR count). The molecule has 1 aliphatic carbocycles.